The number of carbonyl (C=O) groups excluding carboxylic acids is 1. The van der Waals surface area contributed by atoms with E-state index >= 15 is 0 Å². The summed E-state index contributed by atoms with van der Waals surface area (Å²) in [7, 11) is 0. The van der Waals surface area contributed by atoms with E-state index in [-0.39, 0.29) is 0 Å². The molecule has 0 bridgehead atoms. The monoisotopic (exact) mass is 249 g/mol. The van der Waals surface area contributed by atoms with Crippen molar-refractivity contribution in [1.29, 1.82) is 0 Å². The molecular weight excluding hydrogens is 234 g/mol. The molecule has 5 heteroatoms. The minimum absolute atomic E-state index is 0.475. The summed E-state index contributed by atoms with van der Waals surface area (Å²) in [5, 5.41) is 21.3. The predicted octanol–water partition coefficient (Wildman–Crippen LogP) is 0.482. The fourth-order valence-electron chi connectivity index (χ4n) is 2.14. The van der Waals surface area contributed by atoms with Gasteiger partial charge in [-0.2, -0.15) is 0 Å². The lowest BCUT2D eigenvalue weighted by molar-refractivity contribution is -0.146. The predicted molar refractivity (Wildman–Crippen MR) is 63.8 cm³/mol. The Morgan fingerprint density at radius 3 is 2.72 bits per heavy atom. The van der Waals surface area contributed by atoms with Crippen molar-refractivity contribution in [1.82, 2.24) is 5.32 Å². The molecule has 2 rings (SSSR count). The Hall–Kier alpha value is -1.88. The first kappa shape index (κ1) is 12.6. The second-order valence-electron chi connectivity index (χ2n) is 4.52. The van der Waals surface area contributed by atoms with Gasteiger partial charge in [0.1, 0.15) is 5.92 Å². The maximum Gasteiger partial charge on any atom is 0.315 e. The molecule has 1 amide bonds. The van der Waals surface area contributed by atoms with Crippen LogP contribution in [0.2, 0.25) is 0 Å². The average molecular weight is 249 g/mol. The van der Waals surface area contributed by atoms with Crippen LogP contribution in [-0.4, -0.2) is 28.2 Å². The summed E-state index contributed by atoms with van der Waals surface area (Å²) < 4.78 is 0. The topological polar surface area (TPSA) is 86.6 Å². The van der Waals surface area contributed by atoms with E-state index in [1.165, 1.54) is 6.92 Å². The molecule has 1 unspecified atom stereocenters. The zero-order valence-corrected chi connectivity index (χ0v) is 9.96. The number of amides is 1. The zero-order chi connectivity index (χ0) is 13.3. The van der Waals surface area contributed by atoms with Gasteiger partial charge in [-0.05, 0) is 18.1 Å². The van der Waals surface area contributed by atoms with Crippen molar-refractivity contribution in [2.75, 3.05) is 0 Å². The summed E-state index contributed by atoms with van der Waals surface area (Å²) in [5.41, 5.74) is 1.84. The number of aliphatic hydroxyl groups is 1. The highest BCUT2D eigenvalue weighted by molar-refractivity contribution is 5.96. The fraction of sp³-hybridized carbons (Fsp3) is 0.385. The molecule has 0 saturated heterocycles. The smallest absolute Gasteiger partial charge is 0.315 e. The van der Waals surface area contributed by atoms with Crippen LogP contribution in [0, 0.1) is 5.92 Å². The molecule has 1 aromatic rings. The summed E-state index contributed by atoms with van der Waals surface area (Å²) in [6, 6.07) is 6.91. The van der Waals surface area contributed by atoms with Gasteiger partial charge in [0, 0.05) is 6.42 Å². The van der Waals surface area contributed by atoms with Crippen LogP contribution < -0.4 is 5.32 Å². The quantitative estimate of drug-likeness (QED) is 0.680. The number of aliphatic carboxylic acids is 1. The molecule has 0 spiro atoms. The number of aliphatic hydroxyl groups excluding tert-OH is 1. The van der Waals surface area contributed by atoms with Crippen molar-refractivity contribution < 1.29 is 19.8 Å². The number of carbonyl (C=O) groups is 2. The second kappa shape index (κ2) is 4.78. The number of hydrogen-bond acceptors (Lipinski definition) is 3. The molecule has 18 heavy (non-hydrogen) atoms. The second-order valence-corrected chi connectivity index (χ2v) is 4.52. The number of rotatable bonds is 3. The lowest BCUT2D eigenvalue weighted by Crippen LogP contribution is -2.39. The van der Waals surface area contributed by atoms with Crippen LogP contribution in [-0.2, 0) is 16.0 Å². The van der Waals surface area contributed by atoms with E-state index in [9.17, 15) is 14.7 Å². The molecule has 0 heterocycles. The Labute approximate surface area is 104 Å². The molecule has 1 aromatic carbocycles. The van der Waals surface area contributed by atoms with Gasteiger partial charge in [-0.3, -0.25) is 9.59 Å². The molecule has 0 aliphatic heterocycles. The number of fused-ring (bicyclic) bond motifs is 1. The summed E-state index contributed by atoms with van der Waals surface area (Å²) in [5.74, 6) is -2.87. The number of carboxylic acids is 1. The lowest BCUT2D eigenvalue weighted by atomic mass is 10.1. The number of carboxylic acid groups (broad SMARTS) is 1. The van der Waals surface area contributed by atoms with Gasteiger partial charge in [-0.25, -0.2) is 0 Å². The van der Waals surface area contributed by atoms with Crippen LogP contribution >= 0.6 is 0 Å². The van der Waals surface area contributed by atoms with Crippen LogP contribution in [0.25, 0.3) is 0 Å². The minimum Gasteiger partial charge on any atom is -0.481 e. The van der Waals surface area contributed by atoms with Crippen LogP contribution in [0.3, 0.4) is 0 Å². The number of benzene rings is 1. The fourth-order valence-corrected chi connectivity index (χ4v) is 2.14. The summed E-state index contributed by atoms with van der Waals surface area (Å²) in [6.45, 7) is 1.32. The van der Waals surface area contributed by atoms with Crippen molar-refractivity contribution in [3.05, 3.63) is 35.4 Å². The van der Waals surface area contributed by atoms with E-state index in [4.69, 9.17) is 5.11 Å². The van der Waals surface area contributed by atoms with Crippen molar-refractivity contribution >= 4 is 11.9 Å². The van der Waals surface area contributed by atoms with Crippen molar-refractivity contribution in [2.45, 2.75) is 25.5 Å². The first-order valence-corrected chi connectivity index (χ1v) is 5.79. The normalized spacial score (nSPS) is 23.2. The number of nitrogens with one attached hydrogen (secondary N) is 1. The standard InChI is InChI=1S/C13H15NO4/c1-7(13(17)18)12(16)14-11-9-5-3-2-4-8(9)6-10(11)15/h2-5,7,10-11,15H,6H2,1H3,(H,14,16)(H,17,18)/t7?,10-,11+/m0/s1. The van der Waals surface area contributed by atoms with Crippen LogP contribution in [0.4, 0.5) is 0 Å². The van der Waals surface area contributed by atoms with Crippen LogP contribution in [0.1, 0.15) is 24.1 Å². The SMILES string of the molecule is CC(C(=O)O)C(=O)N[C@@H]1c2ccccc2C[C@@H]1O. The van der Waals surface area contributed by atoms with E-state index in [2.05, 4.69) is 5.32 Å². The Bertz CT molecular complexity index is 486. The molecular formula is C13H15NO4. The largest absolute Gasteiger partial charge is 0.481 e. The minimum atomic E-state index is -1.17. The van der Waals surface area contributed by atoms with E-state index < -0.39 is 29.9 Å². The Balaban J connectivity index is 2.15. The first-order chi connectivity index (χ1) is 8.50. The van der Waals surface area contributed by atoms with Gasteiger partial charge in [0.2, 0.25) is 5.91 Å². The molecule has 1 aliphatic carbocycles. The van der Waals surface area contributed by atoms with Crippen LogP contribution in [0.15, 0.2) is 24.3 Å². The van der Waals surface area contributed by atoms with Crippen molar-refractivity contribution in [2.24, 2.45) is 5.92 Å². The molecule has 3 atom stereocenters. The average Bonchev–Trinajstić information content (AvgIpc) is 2.65. The molecule has 5 nitrogen and oxygen atoms in total. The van der Waals surface area contributed by atoms with Crippen molar-refractivity contribution in [3.8, 4) is 0 Å². The maximum atomic E-state index is 11.7. The summed E-state index contributed by atoms with van der Waals surface area (Å²) in [6.07, 6.45) is -0.227. The highest BCUT2D eigenvalue weighted by Gasteiger charge is 2.33. The van der Waals surface area contributed by atoms with Gasteiger partial charge in [0.05, 0.1) is 12.1 Å². The van der Waals surface area contributed by atoms with E-state index in [0.29, 0.717) is 6.42 Å². The molecule has 1 aliphatic rings. The molecule has 96 valence electrons. The molecule has 0 saturated carbocycles. The zero-order valence-electron chi connectivity index (χ0n) is 9.96. The third-order valence-electron chi connectivity index (χ3n) is 3.27. The van der Waals surface area contributed by atoms with Gasteiger partial charge in [0.15, 0.2) is 0 Å². The number of hydrogen-bond donors (Lipinski definition) is 3. The lowest BCUT2D eigenvalue weighted by Gasteiger charge is -2.19. The molecule has 3 N–H and O–H groups in total. The third-order valence-corrected chi connectivity index (χ3v) is 3.27. The Morgan fingerprint density at radius 1 is 1.39 bits per heavy atom. The van der Waals surface area contributed by atoms with Gasteiger partial charge < -0.3 is 15.5 Å². The molecule has 0 radical (unpaired) electrons. The maximum absolute atomic E-state index is 11.7. The van der Waals surface area contributed by atoms with E-state index in [1.807, 2.05) is 24.3 Å². The van der Waals surface area contributed by atoms with Gasteiger partial charge in [0.25, 0.3) is 0 Å². The highest BCUT2D eigenvalue weighted by atomic mass is 16.4. The van der Waals surface area contributed by atoms with Gasteiger partial charge in [-0.1, -0.05) is 24.3 Å². The van der Waals surface area contributed by atoms with Crippen LogP contribution in [0.5, 0.6) is 0 Å². The van der Waals surface area contributed by atoms with Gasteiger partial charge >= 0.3 is 5.97 Å². The van der Waals surface area contributed by atoms with E-state index in [1.54, 1.807) is 0 Å². The van der Waals surface area contributed by atoms with E-state index in [0.717, 1.165) is 11.1 Å². The third kappa shape index (κ3) is 2.22. The Kier molecular flexibility index (Phi) is 3.34. The Morgan fingerprint density at radius 2 is 2.06 bits per heavy atom. The van der Waals surface area contributed by atoms with Gasteiger partial charge in [-0.15, -0.1) is 0 Å². The summed E-state index contributed by atoms with van der Waals surface area (Å²) >= 11 is 0. The molecule has 0 aromatic heterocycles. The first-order valence-electron chi connectivity index (χ1n) is 5.79. The van der Waals surface area contributed by atoms with Crippen molar-refractivity contribution in [3.63, 3.8) is 0 Å². The summed E-state index contributed by atoms with van der Waals surface area (Å²) in [4.78, 5) is 22.4. The molecule has 0 fully saturated rings. The highest BCUT2D eigenvalue weighted by Crippen LogP contribution is 2.31.